The van der Waals surface area contributed by atoms with Crippen LogP contribution in [0.2, 0.25) is 0 Å². The van der Waals surface area contributed by atoms with Crippen molar-refractivity contribution in [2.24, 2.45) is 5.92 Å². The average Bonchev–Trinajstić information content (AvgIpc) is 3.47. The minimum Gasteiger partial charge on any atom is -0.454 e. The minimum atomic E-state index is -0.939. The molecule has 3 N–H and O–H groups in total. The van der Waals surface area contributed by atoms with E-state index < -0.39 is 29.6 Å². The van der Waals surface area contributed by atoms with E-state index in [1.807, 2.05) is 13.0 Å². The first-order chi connectivity index (χ1) is 16.3. The monoisotopic (exact) mass is 489 g/mol. The van der Waals surface area contributed by atoms with E-state index in [2.05, 4.69) is 26.1 Å². The van der Waals surface area contributed by atoms with Crippen LogP contribution in [0.4, 0.5) is 24.4 Å². The Labute approximate surface area is 197 Å². The molecule has 12 heteroatoms. The van der Waals surface area contributed by atoms with E-state index in [1.54, 1.807) is 19.1 Å². The third-order valence-corrected chi connectivity index (χ3v) is 6.12. The summed E-state index contributed by atoms with van der Waals surface area (Å²) in [6.45, 7) is 3.82. The van der Waals surface area contributed by atoms with Gasteiger partial charge in [0.1, 0.15) is 22.7 Å². The standard InChI is InChI=1S/C22H21F2N5O4S/c1-3-11(2)18(26-21(31)25-15-6-5-13(23)9-14(15)24)19(30)27-22-29-28-20(34-22)12-4-7-16-17(8-12)33-10-32-16/h4-9,11,18H,3,10H2,1-2H3,(H2,25,26,31)(H,27,29,30)/t11-,18+/m1/s1. The molecule has 0 aliphatic carbocycles. The number of nitrogens with one attached hydrogen (secondary N) is 3. The number of benzene rings is 2. The molecule has 0 saturated heterocycles. The van der Waals surface area contributed by atoms with E-state index in [-0.39, 0.29) is 23.5 Å². The Bertz CT molecular complexity index is 1220. The maximum Gasteiger partial charge on any atom is 0.319 e. The minimum absolute atomic E-state index is 0.154. The number of rotatable bonds is 7. The summed E-state index contributed by atoms with van der Waals surface area (Å²) in [5.74, 6) is -1.20. The smallest absolute Gasteiger partial charge is 0.319 e. The molecule has 4 rings (SSSR count). The van der Waals surface area contributed by atoms with Crippen molar-refractivity contribution in [3.63, 3.8) is 0 Å². The lowest BCUT2D eigenvalue weighted by atomic mass is 9.98. The summed E-state index contributed by atoms with van der Waals surface area (Å²) in [5.41, 5.74) is 0.541. The predicted octanol–water partition coefficient (Wildman–Crippen LogP) is 4.39. The normalized spacial score (nSPS) is 13.8. The number of hydrogen-bond acceptors (Lipinski definition) is 7. The quantitative estimate of drug-likeness (QED) is 0.454. The lowest BCUT2D eigenvalue weighted by molar-refractivity contribution is -0.119. The molecule has 3 aromatic rings. The summed E-state index contributed by atoms with van der Waals surface area (Å²) in [4.78, 5) is 25.3. The van der Waals surface area contributed by atoms with Gasteiger partial charge >= 0.3 is 6.03 Å². The lowest BCUT2D eigenvalue weighted by Crippen LogP contribution is -2.49. The molecule has 3 amide bonds. The van der Waals surface area contributed by atoms with Gasteiger partial charge in [0.05, 0.1) is 5.69 Å². The second kappa shape index (κ2) is 10.00. The fourth-order valence-electron chi connectivity index (χ4n) is 3.20. The van der Waals surface area contributed by atoms with E-state index in [0.717, 1.165) is 29.0 Å². The number of hydrogen-bond donors (Lipinski definition) is 3. The molecule has 1 aliphatic rings. The van der Waals surface area contributed by atoms with Gasteiger partial charge in [-0.3, -0.25) is 10.1 Å². The van der Waals surface area contributed by atoms with Crippen LogP contribution in [0.3, 0.4) is 0 Å². The van der Waals surface area contributed by atoms with E-state index in [9.17, 15) is 18.4 Å². The van der Waals surface area contributed by atoms with E-state index in [1.165, 1.54) is 0 Å². The zero-order chi connectivity index (χ0) is 24.2. The van der Waals surface area contributed by atoms with Gasteiger partial charge in [-0.15, -0.1) is 10.2 Å². The number of amides is 3. The molecular formula is C22H21F2N5O4S. The Hall–Kier alpha value is -3.80. The van der Waals surface area contributed by atoms with Gasteiger partial charge < -0.3 is 20.1 Å². The predicted molar refractivity (Wildman–Crippen MR) is 122 cm³/mol. The van der Waals surface area contributed by atoms with E-state index >= 15 is 0 Å². The van der Waals surface area contributed by atoms with Crippen molar-refractivity contribution < 1.29 is 27.8 Å². The van der Waals surface area contributed by atoms with Crippen molar-refractivity contribution in [1.29, 1.82) is 0 Å². The van der Waals surface area contributed by atoms with Gasteiger partial charge in [0, 0.05) is 11.6 Å². The number of anilines is 2. The highest BCUT2D eigenvalue weighted by atomic mass is 32.1. The molecule has 1 aromatic heterocycles. The van der Waals surface area contributed by atoms with Gasteiger partial charge in [0.25, 0.3) is 0 Å². The van der Waals surface area contributed by atoms with Crippen LogP contribution >= 0.6 is 11.3 Å². The molecule has 2 aromatic carbocycles. The van der Waals surface area contributed by atoms with Gasteiger partial charge in [0.2, 0.25) is 17.8 Å². The molecule has 0 saturated carbocycles. The van der Waals surface area contributed by atoms with Gasteiger partial charge in [-0.05, 0) is 36.2 Å². The molecule has 1 aliphatic heterocycles. The van der Waals surface area contributed by atoms with Crippen LogP contribution in [0, 0.1) is 17.6 Å². The number of urea groups is 1. The van der Waals surface area contributed by atoms with E-state index in [0.29, 0.717) is 29.0 Å². The Morgan fingerprint density at radius 2 is 1.88 bits per heavy atom. The summed E-state index contributed by atoms with van der Waals surface area (Å²) in [6, 6.07) is 6.38. The Kier molecular flexibility index (Phi) is 6.87. The molecule has 0 fully saturated rings. The molecule has 2 heterocycles. The number of carbonyl (C=O) groups excluding carboxylic acids is 2. The average molecular weight is 490 g/mol. The number of carbonyl (C=O) groups is 2. The summed E-state index contributed by atoms with van der Waals surface area (Å²) in [7, 11) is 0. The highest BCUT2D eigenvalue weighted by Crippen LogP contribution is 2.37. The first-order valence-electron chi connectivity index (χ1n) is 10.4. The number of fused-ring (bicyclic) bond motifs is 1. The molecule has 0 bridgehead atoms. The van der Waals surface area contributed by atoms with Gasteiger partial charge in [-0.25, -0.2) is 13.6 Å². The molecule has 9 nitrogen and oxygen atoms in total. The number of ether oxygens (including phenoxy) is 2. The second-order valence-electron chi connectivity index (χ2n) is 7.56. The van der Waals surface area contributed by atoms with Crippen molar-refractivity contribution in [2.45, 2.75) is 26.3 Å². The zero-order valence-electron chi connectivity index (χ0n) is 18.2. The second-order valence-corrected chi connectivity index (χ2v) is 8.53. The fourth-order valence-corrected chi connectivity index (χ4v) is 3.94. The van der Waals surface area contributed by atoms with Crippen molar-refractivity contribution in [2.75, 3.05) is 17.4 Å². The maximum absolute atomic E-state index is 13.8. The van der Waals surface area contributed by atoms with Gasteiger partial charge in [-0.2, -0.15) is 0 Å². The lowest BCUT2D eigenvalue weighted by Gasteiger charge is -2.23. The van der Waals surface area contributed by atoms with Crippen LogP contribution in [0.1, 0.15) is 20.3 Å². The molecule has 0 spiro atoms. The molecule has 2 atom stereocenters. The topological polar surface area (TPSA) is 114 Å². The Balaban J connectivity index is 1.43. The number of halogens is 2. The van der Waals surface area contributed by atoms with Crippen molar-refractivity contribution in [3.05, 3.63) is 48.0 Å². The summed E-state index contributed by atoms with van der Waals surface area (Å²) >= 11 is 1.16. The Morgan fingerprint density at radius 3 is 2.65 bits per heavy atom. The van der Waals surface area contributed by atoms with Crippen molar-refractivity contribution in [1.82, 2.24) is 15.5 Å². The largest absolute Gasteiger partial charge is 0.454 e. The zero-order valence-corrected chi connectivity index (χ0v) is 19.0. The van der Waals surface area contributed by atoms with Crippen molar-refractivity contribution >= 4 is 34.1 Å². The van der Waals surface area contributed by atoms with Gasteiger partial charge in [-0.1, -0.05) is 31.6 Å². The molecule has 0 radical (unpaired) electrons. The van der Waals surface area contributed by atoms with Crippen LogP contribution in [0.25, 0.3) is 10.6 Å². The highest BCUT2D eigenvalue weighted by molar-refractivity contribution is 7.18. The Morgan fingerprint density at radius 1 is 1.09 bits per heavy atom. The maximum atomic E-state index is 13.8. The van der Waals surface area contributed by atoms with Crippen LogP contribution in [0.5, 0.6) is 11.5 Å². The number of nitrogens with zero attached hydrogens (tertiary/aromatic N) is 2. The van der Waals surface area contributed by atoms with Crippen LogP contribution in [0.15, 0.2) is 36.4 Å². The third-order valence-electron chi connectivity index (χ3n) is 5.24. The van der Waals surface area contributed by atoms with Crippen LogP contribution < -0.4 is 25.4 Å². The van der Waals surface area contributed by atoms with Gasteiger partial charge in [0.15, 0.2) is 11.5 Å². The SMILES string of the molecule is CC[C@@H](C)[C@H](NC(=O)Nc1ccc(F)cc1F)C(=O)Nc1nnc(-c2ccc3c(c2)OCO3)s1. The fraction of sp³-hybridized carbons (Fsp3) is 0.273. The number of aromatic nitrogens is 2. The molecule has 178 valence electrons. The van der Waals surface area contributed by atoms with Crippen LogP contribution in [-0.2, 0) is 4.79 Å². The summed E-state index contributed by atoms with van der Waals surface area (Å²) < 4.78 is 37.6. The van der Waals surface area contributed by atoms with Crippen molar-refractivity contribution in [3.8, 4) is 22.1 Å². The highest BCUT2D eigenvalue weighted by Gasteiger charge is 2.27. The molecular weight excluding hydrogens is 468 g/mol. The molecule has 0 unspecified atom stereocenters. The summed E-state index contributed by atoms with van der Waals surface area (Å²) in [5, 5.41) is 16.4. The molecule has 34 heavy (non-hydrogen) atoms. The summed E-state index contributed by atoms with van der Waals surface area (Å²) in [6.07, 6.45) is 0.585. The first-order valence-corrected chi connectivity index (χ1v) is 11.2. The van der Waals surface area contributed by atoms with Crippen LogP contribution in [-0.4, -0.2) is 35.0 Å². The van der Waals surface area contributed by atoms with E-state index in [4.69, 9.17) is 9.47 Å². The third kappa shape index (κ3) is 5.22. The first kappa shape index (κ1) is 23.4.